The molecule has 6 nitrogen and oxygen atoms in total. The lowest BCUT2D eigenvalue weighted by Gasteiger charge is -2.27. The summed E-state index contributed by atoms with van der Waals surface area (Å²) in [6, 6.07) is 0. The van der Waals surface area contributed by atoms with Gasteiger partial charge in [-0.05, 0) is 13.8 Å². The van der Waals surface area contributed by atoms with Crippen molar-refractivity contribution >= 4 is 0 Å². The lowest BCUT2D eigenvalue weighted by atomic mass is 10.1. The lowest BCUT2D eigenvalue weighted by molar-refractivity contribution is -0.230. The summed E-state index contributed by atoms with van der Waals surface area (Å²) in [7, 11) is 0. The van der Waals surface area contributed by atoms with Crippen molar-refractivity contribution in [1.29, 1.82) is 0 Å². The molecule has 5 atom stereocenters. The maximum atomic E-state index is 9.72. The number of hydrogen-bond donors (Lipinski definition) is 2. The third-order valence-electron chi connectivity index (χ3n) is 3.00. The van der Waals surface area contributed by atoms with E-state index in [2.05, 4.69) is 6.58 Å². The van der Waals surface area contributed by atoms with E-state index < -0.39 is 43.1 Å². The van der Waals surface area contributed by atoms with E-state index in [0.29, 0.717) is 6.61 Å². The molecular formula is C12H20O6. The maximum absolute atomic E-state index is 9.72. The molecule has 0 bridgehead atoms. The summed E-state index contributed by atoms with van der Waals surface area (Å²) in [6.45, 7) is 7.07. The Bertz CT molecular complexity index is 305. The minimum Gasteiger partial charge on any atom is -0.394 e. The Morgan fingerprint density at radius 2 is 2.17 bits per heavy atom. The van der Waals surface area contributed by atoms with Gasteiger partial charge in [-0.2, -0.15) is 0 Å². The highest BCUT2D eigenvalue weighted by Gasteiger charge is 2.56. The van der Waals surface area contributed by atoms with Crippen molar-refractivity contribution in [2.45, 2.75) is 50.3 Å². The SMILES string of the molecule is C=CCO[C@@H]1[C@H]2OC(C)(C)O[C@H]2O[C@@H]1[C@H](O)CO. The Morgan fingerprint density at radius 1 is 1.44 bits per heavy atom. The molecule has 0 spiro atoms. The van der Waals surface area contributed by atoms with E-state index in [9.17, 15) is 5.11 Å². The molecule has 0 radical (unpaired) electrons. The van der Waals surface area contributed by atoms with Crippen molar-refractivity contribution < 1.29 is 29.2 Å². The van der Waals surface area contributed by atoms with E-state index in [1.165, 1.54) is 0 Å². The standard InChI is InChI=1S/C12H20O6/c1-4-5-15-9-8(7(14)6-13)16-11-10(9)17-12(2,3)18-11/h4,7-11,13-14H,1,5-6H2,2-3H3/t7-,8-,9+,10-,11-/m1/s1. The van der Waals surface area contributed by atoms with Gasteiger partial charge in [0.2, 0.25) is 0 Å². The van der Waals surface area contributed by atoms with Crippen LogP contribution in [0.4, 0.5) is 0 Å². The van der Waals surface area contributed by atoms with Crippen LogP contribution >= 0.6 is 0 Å². The predicted molar refractivity (Wildman–Crippen MR) is 61.7 cm³/mol. The summed E-state index contributed by atoms with van der Waals surface area (Å²) in [4.78, 5) is 0. The van der Waals surface area contributed by atoms with Crippen LogP contribution in [0.15, 0.2) is 12.7 Å². The van der Waals surface area contributed by atoms with Crippen LogP contribution in [0.25, 0.3) is 0 Å². The molecule has 0 aromatic rings. The summed E-state index contributed by atoms with van der Waals surface area (Å²) in [5.74, 6) is -0.736. The van der Waals surface area contributed by atoms with Crippen molar-refractivity contribution in [3.63, 3.8) is 0 Å². The molecular weight excluding hydrogens is 240 g/mol. The van der Waals surface area contributed by atoms with Gasteiger partial charge in [0.15, 0.2) is 12.1 Å². The van der Waals surface area contributed by atoms with E-state index in [-0.39, 0.29) is 0 Å². The average Bonchev–Trinajstić information content (AvgIpc) is 2.77. The van der Waals surface area contributed by atoms with Crippen LogP contribution in [0, 0.1) is 0 Å². The van der Waals surface area contributed by atoms with Gasteiger partial charge in [-0.3, -0.25) is 0 Å². The Hall–Kier alpha value is -0.500. The third-order valence-corrected chi connectivity index (χ3v) is 3.00. The van der Waals surface area contributed by atoms with Gasteiger partial charge in [-0.25, -0.2) is 0 Å². The second-order valence-electron chi connectivity index (χ2n) is 4.91. The van der Waals surface area contributed by atoms with Crippen LogP contribution in [0.3, 0.4) is 0 Å². The van der Waals surface area contributed by atoms with Crippen LogP contribution in [0.5, 0.6) is 0 Å². The van der Waals surface area contributed by atoms with Gasteiger partial charge < -0.3 is 29.2 Å². The fraction of sp³-hybridized carbons (Fsp3) is 0.833. The van der Waals surface area contributed by atoms with Crippen LogP contribution in [0.1, 0.15) is 13.8 Å². The molecule has 6 heteroatoms. The van der Waals surface area contributed by atoms with Crippen molar-refractivity contribution in [2.75, 3.05) is 13.2 Å². The monoisotopic (exact) mass is 260 g/mol. The number of aliphatic hydroxyl groups excluding tert-OH is 2. The molecule has 2 rings (SSSR count). The molecule has 0 aromatic heterocycles. The largest absolute Gasteiger partial charge is 0.394 e. The molecule has 0 saturated carbocycles. The maximum Gasteiger partial charge on any atom is 0.190 e. The molecule has 0 aromatic carbocycles. The number of hydrogen-bond acceptors (Lipinski definition) is 6. The van der Waals surface area contributed by atoms with Crippen molar-refractivity contribution in [2.24, 2.45) is 0 Å². The molecule has 2 heterocycles. The van der Waals surface area contributed by atoms with Gasteiger partial charge in [-0.1, -0.05) is 6.08 Å². The normalized spacial score (nSPS) is 39.6. The highest BCUT2D eigenvalue weighted by molar-refractivity contribution is 4.97. The van der Waals surface area contributed by atoms with Gasteiger partial charge in [0.25, 0.3) is 0 Å². The lowest BCUT2D eigenvalue weighted by Crippen LogP contribution is -2.44. The molecule has 0 unspecified atom stereocenters. The van der Waals surface area contributed by atoms with Crippen molar-refractivity contribution in [3.05, 3.63) is 12.7 Å². The van der Waals surface area contributed by atoms with Crippen molar-refractivity contribution in [1.82, 2.24) is 0 Å². The molecule has 2 fully saturated rings. The minimum absolute atomic E-state index is 0.315. The molecule has 0 amide bonds. The minimum atomic E-state index is -1.03. The van der Waals surface area contributed by atoms with E-state index >= 15 is 0 Å². The van der Waals surface area contributed by atoms with E-state index in [4.69, 9.17) is 24.1 Å². The van der Waals surface area contributed by atoms with E-state index in [0.717, 1.165) is 0 Å². The Balaban J connectivity index is 2.09. The van der Waals surface area contributed by atoms with Crippen molar-refractivity contribution in [3.8, 4) is 0 Å². The zero-order valence-electron chi connectivity index (χ0n) is 10.6. The van der Waals surface area contributed by atoms with Gasteiger partial charge in [0, 0.05) is 0 Å². The summed E-state index contributed by atoms with van der Waals surface area (Å²) in [5.41, 5.74) is 0. The molecule has 2 N–H and O–H groups in total. The smallest absolute Gasteiger partial charge is 0.190 e. The number of rotatable bonds is 5. The summed E-state index contributed by atoms with van der Waals surface area (Å²) in [6.07, 6.45) is -1.57. The second kappa shape index (κ2) is 5.24. The molecule has 104 valence electrons. The zero-order valence-corrected chi connectivity index (χ0v) is 10.6. The predicted octanol–water partition coefficient (Wildman–Crippen LogP) is -0.213. The summed E-state index contributed by atoms with van der Waals surface area (Å²) < 4.78 is 22.4. The van der Waals surface area contributed by atoms with E-state index in [1.54, 1.807) is 19.9 Å². The molecule has 2 aliphatic rings. The number of aliphatic hydroxyl groups is 2. The Labute approximate surface area is 106 Å². The van der Waals surface area contributed by atoms with Crippen LogP contribution in [-0.4, -0.2) is 59.9 Å². The van der Waals surface area contributed by atoms with Crippen LogP contribution in [-0.2, 0) is 18.9 Å². The Kier molecular flexibility index (Phi) is 4.05. The third kappa shape index (κ3) is 2.59. The molecule has 18 heavy (non-hydrogen) atoms. The first-order valence-corrected chi connectivity index (χ1v) is 6.01. The zero-order chi connectivity index (χ0) is 13.3. The van der Waals surface area contributed by atoms with Gasteiger partial charge in [0.1, 0.15) is 24.4 Å². The fourth-order valence-electron chi connectivity index (χ4n) is 2.29. The molecule has 2 aliphatic heterocycles. The first-order chi connectivity index (χ1) is 8.48. The average molecular weight is 260 g/mol. The molecule has 2 saturated heterocycles. The highest BCUT2D eigenvalue weighted by Crippen LogP contribution is 2.39. The quantitative estimate of drug-likeness (QED) is 0.666. The molecule has 0 aliphatic carbocycles. The summed E-state index contributed by atoms with van der Waals surface area (Å²) >= 11 is 0. The van der Waals surface area contributed by atoms with Crippen LogP contribution in [0.2, 0.25) is 0 Å². The topological polar surface area (TPSA) is 77.4 Å². The first kappa shape index (κ1) is 13.9. The van der Waals surface area contributed by atoms with E-state index in [1.807, 2.05) is 0 Å². The summed E-state index contributed by atoms with van der Waals surface area (Å²) in [5, 5.41) is 18.7. The number of ether oxygens (including phenoxy) is 4. The highest BCUT2D eigenvalue weighted by atomic mass is 16.8. The van der Waals surface area contributed by atoms with Gasteiger partial charge >= 0.3 is 0 Å². The second-order valence-corrected chi connectivity index (χ2v) is 4.91. The fourth-order valence-corrected chi connectivity index (χ4v) is 2.29. The van der Waals surface area contributed by atoms with Gasteiger partial charge in [-0.15, -0.1) is 6.58 Å². The van der Waals surface area contributed by atoms with Crippen LogP contribution < -0.4 is 0 Å². The van der Waals surface area contributed by atoms with Gasteiger partial charge in [0.05, 0.1) is 13.2 Å². The number of fused-ring (bicyclic) bond motifs is 1. The first-order valence-electron chi connectivity index (χ1n) is 6.01. The Morgan fingerprint density at radius 3 is 2.78 bits per heavy atom.